The number of fused-ring (bicyclic) bond motifs is 1. The molecule has 250 valence electrons. The molecule has 0 unspecified atom stereocenters. The minimum absolute atomic E-state index is 0.0410. The van der Waals surface area contributed by atoms with E-state index in [0.717, 1.165) is 17.8 Å². The molecule has 3 amide bonds. The first-order valence-corrected chi connectivity index (χ1v) is 15.0. The Morgan fingerprint density at radius 1 is 1.09 bits per heavy atom. The van der Waals surface area contributed by atoms with Gasteiger partial charge in [0.05, 0.1) is 37.5 Å². The third-order valence-electron chi connectivity index (χ3n) is 7.54. The van der Waals surface area contributed by atoms with E-state index in [0.29, 0.717) is 70.4 Å². The van der Waals surface area contributed by atoms with E-state index < -0.39 is 23.7 Å². The third-order valence-corrected chi connectivity index (χ3v) is 7.54. The number of carbonyl (C=O) groups excluding carboxylic acids is 3. The number of nitrogens with zero attached hydrogens (tertiary/aromatic N) is 7. The number of aromatic nitrogens is 4. The molecule has 2 aliphatic rings. The first kappa shape index (κ1) is 33.4. The van der Waals surface area contributed by atoms with Crippen molar-refractivity contribution in [3.05, 3.63) is 35.7 Å². The molecule has 2 fully saturated rings. The zero-order chi connectivity index (χ0) is 33.6. The Bertz CT molecular complexity index is 1690. The number of carbonyl (C=O) groups is 3. The van der Waals surface area contributed by atoms with Crippen LogP contribution in [-0.2, 0) is 31.8 Å². The van der Waals surface area contributed by atoms with E-state index in [1.54, 1.807) is 18.0 Å². The van der Waals surface area contributed by atoms with E-state index in [9.17, 15) is 27.6 Å². The van der Waals surface area contributed by atoms with Gasteiger partial charge in [-0.3, -0.25) is 19.8 Å². The van der Waals surface area contributed by atoms with E-state index in [-0.39, 0.29) is 36.3 Å². The molecule has 5 rings (SSSR count). The fourth-order valence-corrected chi connectivity index (χ4v) is 5.29. The van der Waals surface area contributed by atoms with Gasteiger partial charge in [0.15, 0.2) is 11.6 Å². The van der Waals surface area contributed by atoms with Crippen LogP contribution in [0.5, 0.6) is 0 Å². The molecule has 14 nitrogen and oxygen atoms in total. The summed E-state index contributed by atoms with van der Waals surface area (Å²) in [6, 6.07) is 2.64. The minimum atomic E-state index is -4.80. The van der Waals surface area contributed by atoms with Gasteiger partial charge in [-0.15, -0.1) is 5.10 Å². The summed E-state index contributed by atoms with van der Waals surface area (Å²) in [5.41, 5.74) is 0.0633. The quantitative estimate of drug-likeness (QED) is 0.345. The number of rotatable bonds is 8. The SMILES string of the molecule is CC#CC(=O)NCC(=O)N1CCN(Cc2cc3c(N4CCOCC4)nc(-c4cnc(NC(=O)OCC)cc4C(F)(F)F)nn3c2)CC1. The van der Waals surface area contributed by atoms with Crippen LogP contribution >= 0.6 is 0 Å². The number of morpholine rings is 1. The van der Waals surface area contributed by atoms with Crippen molar-refractivity contribution in [3.63, 3.8) is 0 Å². The molecule has 2 saturated heterocycles. The highest BCUT2D eigenvalue weighted by Crippen LogP contribution is 2.38. The summed E-state index contributed by atoms with van der Waals surface area (Å²) in [6.07, 6.45) is -2.99. The Labute approximate surface area is 268 Å². The van der Waals surface area contributed by atoms with Crippen LogP contribution in [0.3, 0.4) is 0 Å². The maximum atomic E-state index is 14.3. The van der Waals surface area contributed by atoms with Crippen LogP contribution in [0.15, 0.2) is 24.5 Å². The average Bonchev–Trinajstić information content (AvgIpc) is 3.46. The van der Waals surface area contributed by atoms with E-state index >= 15 is 0 Å². The molecular formula is C30H34F3N9O5. The summed E-state index contributed by atoms with van der Waals surface area (Å²) in [7, 11) is 0. The summed E-state index contributed by atoms with van der Waals surface area (Å²) in [4.78, 5) is 50.3. The highest BCUT2D eigenvalue weighted by Gasteiger charge is 2.36. The summed E-state index contributed by atoms with van der Waals surface area (Å²) in [5.74, 6) is 4.07. The van der Waals surface area contributed by atoms with E-state index in [1.165, 1.54) is 11.4 Å². The molecule has 3 aromatic heterocycles. The number of hydrogen-bond donors (Lipinski definition) is 2. The molecule has 0 bridgehead atoms. The minimum Gasteiger partial charge on any atom is -0.450 e. The van der Waals surface area contributed by atoms with Crippen LogP contribution in [0.4, 0.5) is 29.6 Å². The van der Waals surface area contributed by atoms with Crippen LogP contribution in [0.2, 0.25) is 0 Å². The Morgan fingerprint density at radius 2 is 1.83 bits per heavy atom. The smallest absolute Gasteiger partial charge is 0.417 e. The number of piperazine rings is 1. The topological polar surface area (TPSA) is 147 Å². The van der Waals surface area contributed by atoms with Gasteiger partial charge in [0.25, 0.3) is 5.91 Å². The Morgan fingerprint density at radius 3 is 2.51 bits per heavy atom. The van der Waals surface area contributed by atoms with Crippen molar-refractivity contribution in [1.29, 1.82) is 0 Å². The molecule has 2 N–H and O–H groups in total. The molecule has 0 spiro atoms. The predicted molar refractivity (Wildman–Crippen MR) is 163 cm³/mol. The molecule has 47 heavy (non-hydrogen) atoms. The first-order chi connectivity index (χ1) is 22.5. The fourth-order valence-electron chi connectivity index (χ4n) is 5.29. The predicted octanol–water partition coefficient (Wildman–Crippen LogP) is 2.00. The van der Waals surface area contributed by atoms with E-state index in [1.807, 2.05) is 11.0 Å². The molecule has 0 aromatic carbocycles. The van der Waals surface area contributed by atoms with E-state index in [2.05, 4.69) is 42.4 Å². The molecule has 0 radical (unpaired) electrons. The number of halogens is 3. The molecule has 0 atom stereocenters. The zero-order valence-electron chi connectivity index (χ0n) is 25.9. The number of nitrogens with one attached hydrogen (secondary N) is 2. The van der Waals surface area contributed by atoms with Crippen LogP contribution in [0.1, 0.15) is 25.0 Å². The number of alkyl halides is 3. The largest absolute Gasteiger partial charge is 0.450 e. The van der Waals surface area contributed by atoms with Crippen molar-refractivity contribution in [2.24, 2.45) is 0 Å². The first-order valence-electron chi connectivity index (χ1n) is 15.0. The normalized spacial score (nSPS) is 15.6. The number of hydrogen-bond acceptors (Lipinski definition) is 10. The average molecular weight is 658 g/mol. The number of amides is 3. The third kappa shape index (κ3) is 8.26. The molecular weight excluding hydrogens is 623 g/mol. The van der Waals surface area contributed by atoms with Gasteiger partial charge >= 0.3 is 12.3 Å². The van der Waals surface area contributed by atoms with Crippen molar-refractivity contribution in [2.45, 2.75) is 26.6 Å². The summed E-state index contributed by atoms with van der Waals surface area (Å²) in [5, 5.41) is 9.17. The number of ether oxygens (including phenoxy) is 2. The lowest BCUT2D eigenvalue weighted by Crippen LogP contribution is -2.50. The van der Waals surface area contributed by atoms with Crippen LogP contribution in [0, 0.1) is 11.8 Å². The molecule has 17 heteroatoms. The highest BCUT2D eigenvalue weighted by molar-refractivity contribution is 5.95. The molecule has 5 heterocycles. The van der Waals surface area contributed by atoms with Crippen LogP contribution in [-0.4, -0.2) is 113 Å². The van der Waals surface area contributed by atoms with Gasteiger partial charge < -0.3 is 24.6 Å². The lowest BCUT2D eigenvalue weighted by Gasteiger charge is -2.34. The van der Waals surface area contributed by atoms with E-state index in [4.69, 9.17) is 9.47 Å². The van der Waals surface area contributed by atoms with Gasteiger partial charge in [0, 0.05) is 58.2 Å². The lowest BCUT2D eigenvalue weighted by atomic mass is 10.1. The fraction of sp³-hybridized carbons (Fsp3) is 0.467. The standard InChI is InChI=1S/C30H34F3N9O5/c1-3-5-25(43)35-17-26(44)40-8-6-39(7-9-40)18-20-14-23-28(41-10-12-46-13-11-41)37-27(38-42(23)19-20)21-16-34-24(36-29(45)47-4-2)15-22(21)30(31,32)33/h14-16,19H,4,6-13,17-18H2,1-2H3,(H,35,43)(H,34,36,45). The lowest BCUT2D eigenvalue weighted by molar-refractivity contribution is -0.137. The van der Waals surface area contributed by atoms with Crippen molar-refractivity contribution < 1.29 is 37.0 Å². The van der Waals surface area contributed by atoms with Gasteiger partial charge in [0.2, 0.25) is 5.91 Å². The maximum absolute atomic E-state index is 14.3. The maximum Gasteiger partial charge on any atom is 0.417 e. The molecule has 2 aliphatic heterocycles. The van der Waals surface area contributed by atoms with Crippen molar-refractivity contribution in [2.75, 3.05) is 75.9 Å². The number of anilines is 2. The van der Waals surface area contributed by atoms with Crippen molar-refractivity contribution in [3.8, 4) is 23.2 Å². The highest BCUT2D eigenvalue weighted by atomic mass is 19.4. The molecule has 0 aliphatic carbocycles. The Hall–Kier alpha value is -4.95. The molecule has 3 aromatic rings. The number of pyridine rings is 1. The summed E-state index contributed by atoms with van der Waals surface area (Å²) < 4.78 is 54.7. The zero-order valence-corrected chi connectivity index (χ0v) is 25.9. The summed E-state index contributed by atoms with van der Waals surface area (Å²) in [6.45, 7) is 7.48. The van der Waals surface area contributed by atoms with Crippen molar-refractivity contribution >= 4 is 35.1 Å². The van der Waals surface area contributed by atoms with Crippen LogP contribution in [0.25, 0.3) is 16.9 Å². The van der Waals surface area contributed by atoms with Crippen molar-refractivity contribution in [1.82, 2.24) is 34.7 Å². The van der Waals surface area contributed by atoms with Gasteiger partial charge in [-0.05, 0) is 37.5 Å². The van der Waals surface area contributed by atoms with Gasteiger partial charge in [-0.2, -0.15) is 13.2 Å². The monoisotopic (exact) mass is 657 g/mol. The van der Waals surface area contributed by atoms with Crippen LogP contribution < -0.4 is 15.5 Å². The second kappa shape index (κ2) is 14.6. The Balaban J connectivity index is 1.39. The van der Waals surface area contributed by atoms with Gasteiger partial charge in [0.1, 0.15) is 11.3 Å². The summed E-state index contributed by atoms with van der Waals surface area (Å²) >= 11 is 0. The Kier molecular flexibility index (Phi) is 10.4. The van der Waals surface area contributed by atoms with Gasteiger partial charge in [-0.25, -0.2) is 19.3 Å². The second-order valence-corrected chi connectivity index (χ2v) is 10.7. The molecule has 0 saturated carbocycles. The second-order valence-electron chi connectivity index (χ2n) is 10.7. The van der Waals surface area contributed by atoms with Gasteiger partial charge in [-0.1, -0.05) is 5.92 Å².